The third-order valence-electron chi connectivity index (χ3n) is 2.53. The van der Waals surface area contributed by atoms with E-state index in [-0.39, 0.29) is 5.97 Å². The molecular weight excluding hydrogens is 216 g/mol. The molecule has 1 rings (SSSR count). The standard InChI is InChI=1S/C13H22N2O2/c1-11(2)10-12(14)13(16)17-9-8-15-6-4-3-5-7-15/h3-6,11-12H,7-10,14H2,1-2H3. The van der Waals surface area contributed by atoms with Gasteiger partial charge < -0.3 is 15.4 Å². The molecule has 0 bridgehead atoms. The zero-order valence-electron chi connectivity index (χ0n) is 10.6. The Bertz CT molecular complexity index is 298. The van der Waals surface area contributed by atoms with E-state index in [4.69, 9.17) is 10.5 Å². The molecule has 0 saturated heterocycles. The molecule has 0 aromatic carbocycles. The Hall–Kier alpha value is -1.29. The number of hydrogen-bond donors (Lipinski definition) is 1. The van der Waals surface area contributed by atoms with Gasteiger partial charge in [-0.2, -0.15) is 0 Å². The van der Waals surface area contributed by atoms with Crippen LogP contribution in [0.15, 0.2) is 24.4 Å². The van der Waals surface area contributed by atoms with Crippen LogP contribution in [0.2, 0.25) is 0 Å². The second-order valence-electron chi connectivity index (χ2n) is 4.67. The van der Waals surface area contributed by atoms with Crippen LogP contribution in [0.5, 0.6) is 0 Å². The summed E-state index contributed by atoms with van der Waals surface area (Å²) in [6, 6.07) is -0.494. The van der Waals surface area contributed by atoms with Crippen molar-refractivity contribution in [3.8, 4) is 0 Å². The van der Waals surface area contributed by atoms with Crippen molar-refractivity contribution in [3.05, 3.63) is 24.4 Å². The molecule has 0 aromatic rings. The number of esters is 1. The van der Waals surface area contributed by atoms with Gasteiger partial charge in [-0.05, 0) is 24.6 Å². The van der Waals surface area contributed by atoms with Crippen LogP contribution in [-0.2, 0) is 9.53 Å². The van der Waals surface area contributed by atoms with Crippen LogP contribution in [-0.4, -0.2) is 36.6 Å². The van der Waals surface area contributed by atoms with Gasteiger partial charge in [0.1, 0.15) is 12.6 Å². The van der Waals surface area contributed by atoms with Gasteiger partial charge in [0.2, 0.25) is 0 Å². The predicted octanol–water partition coefficient (Wildman–Crippen LogP) is 1.29. The number of nitrogens with zero attached hydrogens (tertiary/aromatic N) is 1. The lowest BCUT2D eigenvalue weighted by molar-refractivity contribution is -0.145. The first-order valence-corrected chi connectivity index (χ1v) is 6.09. The molecule has 4 nitrogen and oxygen atoms in total. The molecule has 96 valence electrons. The first-order chi connectivity index (χ1) is 8.09. The highest BCUT2D eigenvalue weighted by atomic mass is 16.5. The van der Waals surface area contributed by atoms with E-state index in [1.165, 1.54) is 0 Å². The molecule has 0 saturated carbocycles. The number of ether oxygens (including phenoxy) is 1. The summed E-state index contributed by atoms with van der Waals surface area (Å²) in [5.74, 6) is 0.114. The van der Waals surface area contributed by atoms with Crippen molar-refractivity contribution in [2.24, 2.45) is 11.7 Å². The van der Waals surface area contributed by atoms with Crippen molar-refractivity contribution in [3.63, 3.8) is 0 Å². The van der Waals surface area contributed by atoms with E-state index >= 15 is 0 Å². The van der Waals surface area contributed by atoms with Gasteiger partial charge in [0, 0.05) is 6.54 Å². The van der Waals surface area contributed by atoms with Crippen molar-refractivity contribution in [2.75, 3.05) is 19.7 Å². The highest BCUT2D eigenvalue weighted by molar-refractivity contribution is 5.75. The van der Waals surface area contributed by atoms with E-state index in [1.54, 1.807) is 0 Å². The summed E-state index contributed by atoms with van der Waals surface area (Å²) < 4.78 is 5.14. The summed E-state index contributed by atoms with van der Waals surface area (Å²) >= 11 is 0. The molecule has 17 heavy (non-hydrogen) atoms. The quantitative estimate of drug-likeness (QED) is 0.708. The molecule has 0 aliphatic carbocycles. The first-order valence-electron chi connectivity index (χ1n) is 6.09. The molecule has 4 heteroatoms. The van der Waals surface area contributed by atoms with Crippen LogP contribution < -0.4 is 5.73 Å². The number of rotatable bonds is 6. The topological polar surface area (TPSA) is 55.6 Å². The molecule has 1 aliphatic rings. The second-order valence-corrected chi connectivity index (χ2v) is 4.67. The van der Waals surface area contributed by atoms with Crippen molar-refractivity contribution in [2.45, 2.75) is 26.3 Å². The second kappa shape index (κ2) is 7.12. The molecule has 0 amide bonds. The lowest BCUT2D eigenvalue weighted by Crippen LogP contribution is -2.35. The fourth-order valence-electron chi connectivity index (χ4n) is 1.65. The maximum atomic E-state index is 11.5. The van der Waals surface area contributed by atoms with Crippen molar-refractivity contribution < 1.29 is 9.53 Å². The van der Waals surface area contributed by atoms with Crippen molar-refractivity contribution in [1.82, 2.24) is 4.90 Å². The predicted molar refractivity (Wildman–Crippen MR) is 68.2 cm³/mol. The van der Waals surface area contributed by atoms with Crippen LogP contribution in [0.4, 0.5) is 0 Å². The van der Waals surface area contributed by atoms with Crippen LogP contribution in [0.25, 0.3) is 0 Å². The van der Waals surface area contributed by atoms with E-state index in [0.29, 0.717) is 25.5 Å². The molecular formula is C13H22N2O2. The summed E-state index contributed by atoms with van der Waals surface area (Å²) in [5, 5.41) is 0. The van der Waals surface area contributed by atoms with Crippen molar-refractivity contribution >= 4 is 5.97 Å². The highest BCUT2D eigenvalue weighted by Gasteiger charge is 2.16. The van der Waals surface area contributed by atoms with E-state index in [2.05, 4.69) is 11.0 Å². The Morgan fingerprint density at radius 3 is 2.82 bits per heavy atom. The smallest absolute Gasteiger partial charge is 0.322 e. The monoisotopic (exact) mass is 238 g/mol. The van der Waals surface area contributed by atoms with E-state index in [0.717, 1.165) is 6.54 Å². The lowest BCUT2D eigenvalue weighted by Gasteiger charge is -2.20. The minimum absolute atomic E-state index is 0.296. The normalized spacial score (nSPS) is 16.4. The molecule has 1 heterocycles. The van der Waals surface area contributed by atoms with E-state index in [1.807, 2.05) is 32.2 Å². The van der Waals surface area contributed by atoms with Crippen LogP contribution in [0, 0.1) is 5.92 Å². The molecule has 0 aromatic heterocycles. The number of carbonyl (C=O) groups is 1. The number of allylic oxidation sites excluding steroid dienone is 2. The summed E-state index contributed by atoms with van der Waals surface area (Å²) in [6.45, 7) is 6.05. The third kappa shape index (κ3) is 5.54. The van der Waals surface area contributed by atoms with Crippen LogP contribution in [0.3, 0.4) is 0 Å². The molecule has 1 unspecified atom stereocenters. The Balaban J connectivity index is 2.15. The van der Waals surface area contributed by atoms with Gasteiger partial charge >= 0.3 is 5.97 Å². The van der Waals surface area contributed by atoms with Gasteiger partial charge in [-0.1, -0.05) is 26.0 Å². The molecule has 0 spiro atoms. The molecule has 1 aliphatic heterocycles. The van der Waals surface area contributed by atoms with E-state index in [9.17, 15) is 4.79 Å². The molecule has 1 atom stereocenters. The van der Waals surface area contributed by atoms with Crippen LogP contribution >= 0.6 is 0 Å². The fourth-order valence-corrected chi connectivity index (χ4v) is 1.65. The Labute approximate surface area is 103 Å². The number of carbonyl (C=O) groups excluding carboxylic acids is 1. The highest BCUT2D eigenvalue weighted by Crippen LogP contribution is 2.04. The number of nitrogens with two attached hydrogens (primary N) is 1. The minimum atomic E-state index is -0.494. The average molecular weight is 238 g/mol. The minimum Gasteiger partial charge on any atom is -0.463 e. The molecule has 2 N–H and O–H groups in total. The van der Waals surface area contributed by atoms with Gasteiger partial charge in [-0.3, -0.25) is 4.79 Å². The van der Waals surface area contributed by atoms with E-state index < -0.39 is 6.04 Å². The average Bonchev–Trinajstić information content (AvgIpc) is 2.29. The zero-order chi connectivity index (χ0) is 12.7. The van der Waals surface area contributed by atoms with Gasteiger partial charge in [-0.15, -0.1) is 0 Å². The summed E-state index contributed by atoms with van der Waals surface area (Å²) in [6.07, 6.45) is 8.69. The lowest BCUT2D eigenvalue weighted by atomic mass is 10.1. The maximum Gasteiger partial charge on any atom is 0.322 e. The van der Waals surface area contributed by atoms with Crippen LogP contribution in [0.1, 0.15) is 20.3 Å². The molecule has 0 fully saturated rings. The third-order valence-corrected chi connectivity index (χ3v) is 2.53. The first kappa shape index (κ1) is 13.8. The summed E-state index contributed by atoms with van der Waals surface area (Å²) in [5.41, 5.74) is 5.72. The maximum absolute atomic E-state index is 11.5. The fraction of sp³-hybridized carbons (Fsp3) is 0.615. The van der Waals surface area contributed by atoms with Gasteiger partial charge in [0.25, 0.3) is 0 Å². The summed E-state index contributed by atoms with van der Waals surface area (Å²) in [7, 11) is 0. The van der Waals surface area contributed by atoms with Gasteiger partial charge in [0.15, 0.2) is 0 Å². The van der Waals surface area contributed by atoms with Gasteiger partial charge in [0.05, 0.1) is 6.54 Å². The Morgan fingerprint density at radius 2 is 2.24 bits per heavy atom. The molecule has 0 radical (unpaired) electrons. The SMILES string of the molecule is CC(C)CC(N)C(=O)OCCN1C=CC=CC1. The Kier molecular flexibility index (Phi) is 5.77. The largest absolute Gasteiger partial charge is 0.463 e. The zero-order valence-corrected chi connectivity index (χ0v) is 10.6. The number of hydrogen-bond acceptors (Lipinski definition) is 4. The van der Waals surface area contributed by atoms with Crippen molar-refractivity contribution in [1.29, 1.82) is 0 Å². The Morgan fingerprint density at radius 1 is 1.47 bits per heavy atom. The summed E-state index contributed by atoms with van der Waals surface area (Å²) in [4.78, 5) is 13.6. The van der Waals surface area contributed by atoms with Gasteiger partial charge in [-0.25, -0.2) is 0 Å².